The number of carbonyl (C=O) groups excluding carboxylic acids is 1. The number of piperidine rings is 2. The van der Waals surface area contributed by atoms with E-state index in [1.165, 1.54) is 30.2 Å². The molecule has 0 radical (unpaired) electrons. The van der Waals surface area contributed by atoms with Crippen LogP contribution in [0, 0.1) is 5.92 Å². The van der Waals surface area contributed by atoms with Gasteiger partial charge in [0.1, 0.15) is 5.69 Å². The summed E-state index contributed by atoms with van der Waals surface area (Å²) in [5.74, 6) is 0.913. The van der Waals surface area contributed by atoms with Gasteiger partial charge < -0.3 is 15.1 Å². The van der Waals surface area contributed by atoms with Crippen molar-refractivity contribution in [1.82, 2.24) is 14.8 Å². The van der Waals surface area contributed by atoms with E-state index in [-0.39, 0.29) is 17.4 Å². The fourth-order valence-corrected chi connectivity index (χ4v) is 5.68. The van der Waals surface area contributed by atoms with Crippen LogP contribution in [0.4, 0.5) is 18.9 Å². The number of halogens is 3. The van der Waals surface area contributed by atoms with Crippen LogP contribution >= 0.6 is 0 Å². The molecule has 5 nitrogen and oxygen atoms in total. The van der Waals surface area contributed by atoms with Crippen molar-refractivity contribution < 1.29 is 18.0 Å². The number of rotatable bonds is 8. The Kier molecular flexibility index (Phi) is 9.57. The molecule has 0 atom stereocenters. The summed E-state index contributed by atoms with van der Waals surface area (Å²) in [6.07, 6.45) is 3.15. The lowest BCUT2D eigenvalue weighted by Crippen LogP contribution is -2.42. The predicted octanol–water partition coefficient (Wildman–Crippen LogP) is 6.54. The molecule has 1 amide bonds. The highest BCUT2D eigenvalue weighted by Gasteiger charge is 2.33. The van der Waals surface area contributed by atoms with Crippen LogP contribution in [0.2, 0.25) is 0 Å². The third kappa shape index (κ3) is 8.69. The largest absolute Gasteiger partial charge is 0.433 e. The third-order valence-electron chi connectivity index (χ3n) is 8.19. The van der Waals surface area contributed by atoms with Crippen molar-refractivity contribution in [3.05, 3.63) is 59.4 Å². The van der Waals surface area contributed by atoms with Gasteiger partial charge in [0.25, 0.3) is 0 Å². The summed E-state index contributed by atoms with van der Waals surface area (Å²) in [4.78, 5) is 20.6. The fourth-order valence-electron chi connectivity index (χ4n) is 5.68. The lowest BCUT2D eigenvalue weighted by atomic mass is 9.85. The van der Waals surface area contributed by atoms with Crippen LogP contribution in [0.25, 0.3) is 0 Å². The van der Waals surface area contributed by atoms with Crippen molar-refractivity contribution in [2.24, 2.45) is 5.92 Å². The molecule has 2 aliphatic heterocycles. The SMILES string of the molecule is CC(C)(C)c1ccc(CC2CCN(CCCC(=O)N3CCC(Nc4ccnc(C(F)(F)F)c4)CC3)CC2)cc1. The Bertz CT molecular complexity index is 1060. The molecule has 8 heteroatoms. The van der Waals surface area contributed by atoms with E-state index in [4.69, 9.17) is 0 Å². The molecule has 2 fully saturated rings. The molecule has 0 unspecified atom stereocenters. The molecule has 4 rings (SSSR count). The van der Waals surface area contributed by atoms with Gasteiger partial charge in [-0.2, -0.15) is 13.2 Å². The van der Waals surface area contributed by atoms with Gasteiger partial charge in [-0.15, -0.1) is 0 Å². The van der Waals surface area contributed by atoms with E-state index < -0.39 is 11.9 Å². The Labute approximate surface area is 231 Å². The zero-order valence-electron chi connectivity index (χ0n) is 23.6. The van der Waals surface area contributed by atoms with Gasteiger partial charge in [-0.25, -0.2) is 0 Å². The second-order valence-corrected chi connectivity index (χ2v) is 12.3. The first-order chi connectivity index (χ1) is 18.5. The highest BCUT2D eigenvalue weighted by atomic mass is 19.4. The van der Waals surface area contributed by atoms with Gasteiger partial charge in [0.2, 0.25) is 5.91 Å². The number of alkyl halides is 3. The van der Waals surface area contributed by atoms with Crippen molar-refractivity contribution in [1.29, 1.82) is 0 Å². The number of aromatic nitrogens is 1. The first-order valence-electron chi connectivity index (χ1n) is 14.4. The van der Waals surface area contributed by atoms with Crippen LogP contribution in [0.3, 0.4) is 0 Å². The van der Waals surface area contributed by atoms with Crippen LogP contribution in [0.1, 0.15) is 76.1 Å². The number of likely N-dealkylation sites (tertiary alicyclic amines) is 2. The Morgan fingerprint density at radius 1 is 0.974 bits per heavy atom. The number of anilines is 1. The highest BCUT2D eigenvalue weighted by molar-refractivity contribution is 5.76. The molecule has 1 aromatic heterocycles. The maximum atomic E-state index is 12.9. The van der Waals surface area contributed by atoms with Crippen LogP contribution < -0.4 is 5.32 Å². The Morgan fingerprint density at radius 3 is 2.26 bits per heavy atom. The quantitative estimate of drug-likeness (QED) is 0.410. The van der Waals surface area contributed by atoms with E-state index >= 15 is 0 Å². The normalized spacial score (nSPS) is 18.4. The molecule has 0 saturated carbocycles. The minimum atomic E-state index is -4.46. The summed E-state index contributed by atoms with van der Waals surface area (Å²) >= 11 is 0. The predicted molar refractivity (Wildman–Crippen MR) is 150 cm³/mol. The van der Waals surface area contributed by atoms with Gasteiger partial charge in [0.15, 0.2) is 0 Å². The van der Waals surface area contributed by atoms with Crippen molar-refractivity contribution >= 4 is 11.6 Å². The summed E-state index contributed by atoms with van der Waals surface area (Å²) in [6, 6.07) is 11.8. The van der Waals surface area contributed by atoms with Gasteiger partial charge >= 0.3 is 6.18 Å². The van der Waals surface area contributed by atoms with E-state index in [0.717, 1.165) is 57.3 Å². The molecule has 2 saturated heterocycles. The number of carbonyl (C=O) groups is 1. The van der Waals surface area contributed by atoms with Crippen LogP contribution in [0.15, 0.2) is 42.6 Å². The first-order valence-corrected chi connectivity index (χ1v) is 14.4. The van der Waals surface area contributed by atoms with Gasteiger partial charge in [-0.05, 0) is 92.8 Å². The highest BCUT2D eigenvalue weighted by Crippen LogP contribution is 2.30. The second-order valence-electron chi connectivity index (χ2n) is 12.3. The lowest BCUT2D eigenvalue weighted by Gasteiger charge is -2.34. The molecule has 1 aromatic carbocycles. The zero-order valence-corrected chi connectivity index (χ0v) is 23.6. The molecular weight excluding hydrogens is 501 g/mol. The smallest absolute Gasteiger partial charge is 0.382 e. The summed E-state index contributed by atoms with van der Waals surface area (Å²) < 4.78 is 38.7. The van der Waals surface area contributed by atoms with E-state index in [1.54, 1.807) is 6.07 Å². The topological polar surface area (TPSA) is 48.5 Å². The summed E-state index contributed by atoms with van der Waals surface area (Å²) in [5.41, 5.74) is 2.52. The number of pyridine rings is 1. The number of hydrogen-bond acceptors (Lipinski definition) is 4. The van der Waals surface area contributed by atoms with Crippen molar-refractivity contribution in [2.75, 3.05) is 38.0 Å². The molecule has 3 heterocycles. The number of nitrogens with one attached hydrogen (secondary N) is 1. The van der Waals surface area contributed by atoms with E-state index in [0.29, 0.717) is 25.2 Å². The van der Waals surface area contributed by atoms with E-state index in [9.17, 15) is 18.0 Å². The molecule has 1 N–H and O–H groups in total. The summed E-state index contributed by atoms with van der Waals surface area (Å²) in [5, 5.41) is 3.18. The number of amides is 1. The molecule has 2 aromatic rings. The van der Waals surface area contributed by atoms with Crippen molar-refractivity contribution in [3.8, 4) is 0 Å². The fraction of sp³-hybridized carbons (Fsp3) is 0.613. The molecule has 214 valence electrons. The lowest BCUT2D eigenvalue weighted by molar-refractivity contribution is -0.141. The Hall–Kier alpha value is -2.61. The molecule has 2 aliphatic rings. The average Bonchev–Trinajstić information content (AvgIpc) is 2.89. The Balaban J connectivity index is 1.11. The van der Waals surface area contributed by atoms with Gasteiger partial charge in [-0.1, -0.05) is 45.0 Å². The summed E-state index contributed by atoms with van der Waals surface area (Å²) in [6.45, 7) is 11.2. The van der Waals surface area contributed by atoms with Gasteiger partial charge in [-0.3, -0.25) is 9.78 Å². The maximum Gasteiger partial charge on any atom is 0.433 e. The number of nitrogens with zero attached hydrogens (tertiary/aromatic N) is 3. The second kappa shape index (κ2) is 12.7. The standard InChI is InChI=1S/C31H43F3N4O/c1-30(2,3)25-8-6-23(7-9-25)21-24-11-17-37(18-12-24)16-4-5-29(39)38-19-13-26(14-20-38)36-27-10-15-35-28(22-27)31(32,33)34/h6-10,15,22,24,26H,4-5,11-14,16-21H2,1-3H3,(H,35,36). The van der Waals surface area contributed by atoms with Crippen LogP contribution in [-0.2, 0) is 22.8 Å². The third-order valence-corrected chi connectivity index (χ3v) is 8.19. The zero-order chi connectivity index (χ0) is 28.0. The molecule has 0 spiro atoms. The molecular formula is C31H43F3N4O. The number of hydrogen-bond donors (Lipinski definition) is 1. The minimum absolute atomic E-state index is 0.0512. The maximum absolute atomic E-state index is 12.9. The van der Waals surface area contributed by atoms with Crippen LogP contribution in [-0.4, -0.2) is 59.5 Å². The number of benzene rings is 1. The molecule has 0 aliphatic carbocycles. The van der Waals surface area contributed by atoms with E-state index in [1.807, 2.05) is 4.90 Å². The monoisotopic (exact) mass is 544 g/mol. The van der Waals surface area contributed by atoms with E-state index in [2.05, 4.69) is 60.2 Å². The van der Waals surface area contributed by atoms with Gasteiger partial charge in [0, 0.05) is 37.4 Å². The molecule has 39 heavy (non-hydrogen) atoms. The summed E-state index contributed by atoms with van der Waals surface area (Å²) in [7, 11) is 0. The van der Waals surface area contributed by atoms with Crippen molar-refractivity contribution in [3.63, 3.8) is 0 Å². The minimum Gasteiger partial charge on any atom is -0.382 e. The van der Waals surface area contributed by atoms with Crippen LogP contribution in [0.5, 0.6) is 0 Å². The first kappa shape index (κ1) is 29.4. The van der Waals surface area contributed by atoms with Gasteiger partial charge in [0.05, 0.1) is 0 Å². The molecule has 0 bridgehead atoms. The van der Waals surface area contributed by atoms with Crippen molar-refractivity contribution in [2.45, 2.75) is 83.4 Å². The average molecular weight is 545 g/mol. The Morgan fingerprint density at radius 2 is 1.64 bits per heavy atom.